The zero-order valence-corrected chi connectivity index (χ0v) is 15.0. The van der Waals surface area contributed by atoms with Crippen molar-refractivity contribution in [1.29, 1.82) is 0 Å². The molecule has 0 spiro atoms. The summed E-state index contributed by atoms with van der Waals surface area (Å²) in [7, 11) is 3.13. The van der Waals surface area contributed by atoms with E-state index in [-0.39, 0.29) is 12.0 Å². The van der Waals surface area contributed by atoms with E-state index in [2.05, 4.69) is 5.32 Å². The molecule has 0 radical (unpaired) electrons. The lowest BCUT2D eigenvalue weighted by Gasteiger charge is -2.13. The van der Waals surface area contributed by atoms with Crippen LogP contribution in [-0.4, -0.2) is 39.4 Å². The van der Waals surface area contributed by atoms with Crippen LogP contribution >= 0.6 is 0 Å². The highest BCUT2D eigenvalue weighted by Crippen LogP contribution is 2.26. The van der Waals surface area contributed by atoms with Gasteiger partial charge in [0.25, 0.3) is 5.91 Å². The molecule has 138 valence electrons. The first-order valence-electron chi connectivity index (χ1n) is 8.57. The minimum atomic E-state index is -0.233. The molecule has 3 rings (SSSR count). The molecule has 1 aliphatic rings. The molecular formula is C20H23NO5. The van der Waals surface area contributed by atoms with Crippen molar-refractivity contribution in [2.24, 2.45) is 0 Å². The van der Waals surface area contributed by atoms with E-state index in [1.165, 1.54) is 0 Å². The van der Waals surface area contributed by atoms with Gasteiger partial charge in [0.15, 0.2) is 0 Å². The van der Waals surface area contributed by atoms with Gasteiger partial charge in [-0.2, -0.15) is 0 Å². The SMILES string of the molecule is COc1cc(NC(=O)c2cccc(OC[C@H]3CCCO3)c2)cc(OC)c1. The molecule has 1 aliphatic heterocycles. The first-order chi connectivity index (χ1) is 12.7. The highest BCUT2D eigenvalue weighted by molar-refractivity contribution is 6.04. The number of hydrogen-bond acceptors (Lipinski definition) is 5. The van der Waals surface area contributed by atoms with Crippen LogP contribution in [-0.2, 0) is 4.74 Å². The number of nitrogens with one attached hydrogen (secondary N) is 1. The first kappa shape index (κ1) is 18.1. The van der Waals surface area contributed by atoms with Gasteiger partial charge >= 0.3 is 0 Å². The second-order valence-electron chi connectivity index (χ2n) is 6.03. The first-order valence-corrected chi connectivity index (χ1v) is 8.57. The molecule has 0 aliphatic carbocycles. The lowest BCUT2D eigenvalue weighted by atomic mass is 10.2. The molecule has 6 heteroatoms. The fourth-order valence-electron chi connectivity index (χ4n) is 2.77. The monoisotopic (exact) mass is 357 g/mol. The molecular weight excluding hydrogens is 334 g/mol. The number of methoxy groups -OCH3 is 2. The predicted molar refractivity (Wildman–Crippen MR) is 98.4 cm³/mol. The predicted octanol–water partition coefficient (Wildman–Crippen LogP) is 3.51. The van der Waals surface area contributed by atoms with Crippen LogP contribution in [0.5, 0.6) is 17.2 Å². The van der Waals surface area contributed by atoms with Gasteiger partial charge in [-0.25, -0.2) is 0 Å². The number of ether oxygens (including phenoxy) is 4. The molecule has 0 saturated carbocycles. The molecule has 1 fully saturated rings. The molecule has 1 heterocycles. The van der Waals surface area contributed by atoms with Gasteiger partial charge in [0, 0.05) is 36.1 Å². The second-order valence-corrected chi connectivity index (χ2v) is 6.03. The van der Waals surface area contributed by atoms with Gasteiger partial charge in [-0.1, -0.05) is 6.07 Å². The van der Waals surface area contributed by atoms with Crippen molar-refractivity contribution in [3.05, 3.63) is 48.0 Å². The molecule has 1 N–H and O–H groups in total. The number of carbonyl (C=O) groups is 1. The Labute approximate surface area is 153 Å². The van der Waals surface area contributed by atoms with Crippen LogP contribution in [0.25, 0.3) is 0 Å². The quantitative estimate of drug-likeness (QED) is 0.821. The maximum atomic E-state index is 12.6. The highest BCUT2D eigenvalue weighted by atomic mass is 16.5. The van der Waals surface area contributed by atoms with E-state index in [0.29, 0.717) is 35.1 Å². The Kier molecular flexibility index (Phi) is 5.96. The Bertz CT molecular complexity index is 733. The molecule has 0 aromatic heterocycles. The van der Waals surface area contributed by atoms with Gasteiger partial charge in [0.2, 0.25) is 0 Å². The van der Waals surface area contributed by atoms with Crippen molar-refractivity contribution in [3.8, 4) is 17.2 Å². The summed E-state index contributed by atoms with van der Waals surface area (Å²) in [4.78, 5) is 12.6. The van der Waals surface area contributed by atoms with Crippen molar-refractivity contribution in [1.82, 2.24) is 0 Å². The average molecular weight is 357 g/mol. The maximum absolute atomic E-state index is 12.6. The Morgan fingerprint density at radius 3 is 2.54 bits per heavy atom. The molecule has 6 nitrogen and oxygen atoms in total. The van der Waals surface area contributed by atoms with Crippen molar-refractivity contribution in [2.45, 2.75) is 18.9 Å². The number of amides is 1. The number of hydrogen-bond donors (Lipinski definition) is 1. The average Bonchev–Trinajstić information content (AvgIpc) is 3.20. The molecule has 1 saturated heterocycles. The molecule has 2 aromatic rings. The van der Waals surface area contributed by atoms with Crippen molar-refractivity contribution >= 4 is 11.6 Å². The van der Waals surface area contributed by atoms with Gasteiger partial charge in [-0.05, 0) is 31.0 Å². The lowest BCUT2D eigenvalue weighted by Crippen LogP contribution is -2.17. The van der Waals surface area contributed by atoms with Gasteiger partial charge < -0.3 is 24.3 Å². The summed E-state index contributed by atoms with van der Waals surface area (Å²) in [5.74, 6) is 1.63. The van der Waals surface area contributed by atoms with Crippen molar-refractivity contribution in [2.75, 3.05) is 32.8 Å². The summed E-state index contributed by atoms with van der Waals surface area (Å²) >= 11 is 0. The van der Waals surface area contributed by atoms with Crippen LogP contribution in [0.2, 0.25) is 0 Å². The largest absolute Gasteiger partial charge is 0.497 e. The number of anilines is 1. The molecule has 1 amide bonds. The van der Waals surface area contributed by atoms with Crippen LogP contribution in [0.4, 0.5) is 5.69 Å². The Balaban J connectivity index is 1.66. The summed E-state index contributed by atoms with van der Waals surface area (Å²) in [6.07, 6.45) is 2.22. The molecule has 26 heavy (non-hydrogen) atoms. The molecule has 2 aromatic carbocycles. The van der Waals surface area contributed by atoms with Crippen molar-refractivity contribution in [3.63, 3.8) is 0 Å². The van der Waals surface area contributed by atoms with Gasteiger partial charge in [-0.3, -0.25) is 4.79 Å². The number of carbonyl (C=O) groups excluding carboxylic acids is 1. The Hall–Kier alpha value is -2.73. The van der Waals surface area contributed by atoms with Gasteiger partial charge in [0.05, 0.1) is 20.3 Å². The van der Waals surface area contributed by atoms with Gasteiger partial charge in [-0.15, -0.1) is 0 Å². The van der Waals surface area contributed by atoms with E-state index in [4.69, 9.17) is 18.9 Å². The fourth-order valence-corrected chi connectivity index (χ4v) is 2.77. The number of rotatable bonds is 7. The summed E-state index contributed by atoms with van der Waals surface area (Å²) in [6, 6.07) is 12.3. The van der Waals surface area contributed by atoms with Crippen LogP contribution in [0.15, 0.2) is 42.5 Å². The normalized spacial score (nSPS) is 16.2. The third-order valence-corrected chi connectivity index (χ3v) is 4.17. The third kappa shape index (κ3) is 4.67. The summed E-state index contributed by atoms with van der Waals surface area (Å²) in [6.45, 7) is 1.29. The smallest absolute Gasteiger partial charge is 0.255 e. The lowest BCUT2D eigenvalue weighted by molar-refractivity contribution is 0.0679. The van der Waals surface area contributed by atoms with E-state index in [0.717, 1.165) is 19.4 Å². The zero-order chi connectivity index (χ0) is 18.4. The van der Waals surface area contributed by atoms with Gasteiger partial charge in [0.1, 0.15) is 23.9 Å². The van der Waals surface area contributed by atoms with Crippen molar-refractivity contribution < 1.29 is 23.7 Å². The van der Waals surface area contributed by atoms with E-state index in [1.807, 2.05) is 6.07 Å². The fraction of sp³-hybridized carbons (Fsp3) is 0.350. The summed E-state index contributed by atoms with van der Waals surface area (Å²) in [5.41, 5.74) is 1.11. The number of benzene rings is 2. The Morgan fingerprint density at radius 2 is 1.88 bits per heavy atom. The maximum Gasteiger partial charge on any atom is 0.255 e. The topological polar surface area (TPSA) is 66.0 Å². The molecule has 1 atom stereocenters. The van der Waals surface area contributed by atoms with E-state index in [9.17, 15) is 4.79 Å². The van der Waals surface area contributed by atoms with E-state index in [1.54, 1.807) is 50.6 Å². The highest BCUT2D eigenvalue weighted by Gasteiger charge is 2.16. The van der Waals surface area contributed by atoms with E-state index < -0.39 is 0 Å². The molecule has 0 unspecified atom stereocenters. The summed E-state index contributed by atoms with van der Waals surface area (Å²) < 4.78 is 21.7. The van der Waals surface area contributed by atoms with Crippen LogP contribution in [0.1, 0.15) is 23.2 Å². The third-order valence-electron chi connectivity index (χ3n) is 4.17. The minimum Gasteiger partial charge on any atom is -0.497 e. The van der Waals surface area contributed by atoms with E-state index >= 15 is 0 Å². The Morgan fingerprint density at radius 1 is 1.12 bits per heavy atom. The second kappa shape index (κ2) is 8.58. The van der Waals surface area contributed by atoms with Crippen LogP contribution in [0.3, 0.4) is 0 Å². The van der Waals surface area contributed by atoms with Crippen LogP contribution in [0, 0.1) is 0 Å². The minimum absolute atomic E-state index is 0.136. The zero-order valence-electron chi connectivity index (χ0n) is 15.0. The summed E-state index contributed by atoms with van der Waals surface area (Å²) in [5, 5.41) is 2.85. The molecule has 0 bridgehead atoms. The standard InChI is InChI=1S/C20H23NO5/c1-23-18-10-15(11-19(12-18)24-2)21-20(22)14-5-3-6-16(9-14)26-13-17-7-4-8-25-17/h3,5-6,9-12,17H,4,7-8,13H2,1-2H3,(H,21,22)/t17-/m1/s1. The van der Waals surface area contributed by atoms with Crippen LogP contribution < -0.4 is 19.5 Å².